The number of amides is 1. The zero-order chi connectivity index (χ0) is 13.9. The fraction of sp³-hybridized carbons (Fsp3) is 0.533. The van der Waals surface area contributed by atoms with Gasteiger partial charge < -0.3 is 19.6 Å². The van der Waals surface area contributed by atoms with Gasteiger partial charge in [-0.25, -0.2) is 0 Å². The molecule has 2 aliphatic heterocycles. The summed E-state index contributed by atoms with van der Waals surface area (Å²) in [7, 11) is 0. The molecule has 1 N–H and O–H groups in total. The molecule has 108 valence electrons. The van der Waals surface area contributed by atoms with E-state index in [4.69, 9.17) is 4.74 Å². The lowest BCUT2D eigenvalue weighted by atomic mass is 10.1. The van der Waals surface area contributed by atoms with Crippen molar-refractivity contribution in [2.75, 3.05) is 37.7 Å². The minimum atomic E-state index is -0.0416. The number of benzene rings is 1. The summed E-state index contributed by atoms with van der Waals surface area (Å²) >= 11 is 0. The average Bonchev–Trinajstić information content (AvgIpc) is 2.47. The number of phenolic OH excluding ortho intramolecular Hbond substituents is 1. The number of fused-ring (bicyclic) bond motifs is 1. The fourth-order valence-electron chi connectivity index (χ4n) is 2.86. The Bertz CT molecular complexity index is 498. The van der Waals surface area contributed by atoms with Crippen LogP contribution in [-0.2, 0) is 4.79 Å². The number of nitrogens with zero attached hydrogens (tertiary/aromatic N) is 2. The van der Waals surface area contributed by atoms with Crippen LogP contribution in [-0.4, -0.2) is 48.7 Å². The van der Waals surface area contributed by atoms with E-state index in [9.17, 15) is 9.90 Å². The number of piperidine rings is 1. The third-order valence-corrected chi connectivity index (χ3v) is 3.97. The van der Waals surface area contributed by atoms with Gasteiger partial charge in [-0.3, -0.25) is 4.79 Å². The summed E-state index contributed by atoms with van der Waals surface area (Å²) < 4.78 is 5.40. The maximum absolute atomic E-state index is 12.0. The normalized spacial score (nSPS) is 19.6. The molecule has 0 spiro atoms. The summed E-state index contributed by atoms with van der Waals surface area (Å²) in [6.45, 7) is 3.84. The summed E-state index contributed by atoms with van der Waals surface area (Å²) in [6, 6.07) is 4.89. The van der Waals surface area contributed by atoms with Crippen molar-refractivity contribution in [1.82, 2.24) is 4.90 Å². The lowest BCUT2D eigenvalue weighted by Gasteiger charge is -2.33. The molecule has 0 radical (unpaired) electrons. The second-order valence-corrected chi connectivity index (χ2v) is 5.39. The maximum atomic E-state index is 12.0. The SMILES string of the molecule is O=C1COc2ccc(O)cc2N1CCN1CCCCC1. The number of rotatable bonds is 3. The Kier molecular flexibility index (Phi) is 3.78. The Morgan fingerprint density at radius 3 is 2.75 bits per heavy atom. The van der Waals surface area contributed by atoms with Crippen LogP contribution < -0.4 is 9.64 Å². The predicted molar refractivity (Wildman–Crippen MR) is 76.2 cm³/mol. The first-order chi connectivity index (χ1) is 9.74. The van der Waals surface area contributed by atoms with Crippen molar-refractivity contribution in [2.45, 2.75) is 19.3 Å². The van der Waals surface area contributed by atoms with Crippen LogP contribution in [0.3, 0.4) is 0 Å². The maximum Gasteiger partial charge on any atom is 0.265 e. The van der Waals surface area contributed by atoms with E-state index < -0.39 is 0 Å². The smallest absolute Gasteiger partial charge is 0.265 e. The Hall–Kier alpha value is -1.75. The van der Waals surface area contributed by atoms with E-state index in [1.807, 2.05) is 0 Å². The molecule has 5 heteroatoms. The number of ether oxygens (including phenoxy) is 1. The summed E-state index contributed by atoms with van der Waals surface area (Å²) in [5.41, 5.74) is 0.679. The van der Waals surface area contributed by atoms with Crippen molar-refractivity contribution in [1.29, 1.82) is 0 Å². The van der Waals surface area contributed by atoms with Crippen LogP contribution >= 0.6 is 0 Å². The van der Waals surface area contributed by atoms with Crippen LogP contribution in [0.2, 0.25) is 0 Å². The van der Waals surface area contributed by atoms with Gasteiger partial charge in [0.15, 0.2) is 6.61 Å². The molecule has 0 saturated carbocycles. The highest BCUT2D eigenvalue weighted by molar-refractivity contribution is 5.98. The van der Waals surface area contributed by atoms with Crippen LogP contribution in [0, 0.1) is 0 Å². The van der Waals surface area contributed by atoms with Crippen LogP contribution in [0.1, 0.15) is 19.3 Å². The number of likely N-dealkylation sites (tertiary alicyclic amines) is 1. The lowest BCUT2D eigenvalue weighted by Crippen LogP contribution is -2.44. The molecule has 5 nitrogen and oxygen atoms in total. The Morgan fingerprint density at radius 2 is 1.95 bits per heavy atom. The minimum Gasteiger partial charge on any atom is -0.508 e. The van der Waals surface area contributed by atoms with Crippen LogP contribution in [0.25, 0.3) is 0 Å². The molecule has 0 bridgehead atoms. The molecule has 1 amide bonds. The molecule has 0 aromatic heterocycles. The molecule has 1 fully saturated rings. The monoisotopic (exact) mass is 276 g/mol. The van der Waals surface area contributed by atoms with E-state index in [0.717, 1.165) is 19.6 Å². The van der Waals surface area contributed by atoms with Gasteiger partial charge in [-0.2, -0.15) is 0 Å². The molecule has 20 heavy (non-hydrogen) atoms. The van der Waals surface area contributed by atoms with Gasteiger partial charge in [0.2, 0.25) is 0 Å². The van der Waals surface area contributed by atoms with E-state index in [0.29, 0.717) is 18.0 Å². The largest absolute Gasteiger partial charge is 0.508 e. The highest BCUT2D eigenvalue weighted by Gasteiger charge is 2.26. The van der Waals surface area contributed by atoms with Gasteiger partial charge in [-0.05, 0) is 38.1 Å². The fourth-order valence-corrected chi connectivity index (χ4v) is 2.86. The molecule has 1 aromatic carbocycles. The number of phenols is 1. The molecule has 1 saturated heterocycles. The van der Waals surface area contributed by atoms with Gasteiger partial charge in [-0.1, -0.05) is 6.42 Å². The number of carbonyl (C=O) groups is 1. The summed E-state index contributed by atoms with van der Waals surface area (Å²) in [4.78, 5) is 16.2. The van der Waals surface area contributed by atoms with Gasteiger partial charge in [0.25, 0.3) is 5.91 Å². The van der Waals surface area contributed by atoms with Crippen molar-refractivity contribution in [3.63, 3.8) is 0 Å². The number of carbonyl (C=O) groups excluding carboxylic acids is 1. The average molecular weight is 276 g/mol. The Morgan fingerprint density at radius 1 is 1.15 bits per heavy atom. The summed E-state index contributed by atoms with van der Waals surface area (Å²) in [5.74, 6) is 0.783. The highest BCUT2D eigenvalue weighted by Crippen LogP contribution is 2.34. The quantitative estimate of drug-likeness (QED) is 0.911. The molecule has 2 aliphatic rings. The van der Waals surface area contributed by atoms with E-state index in [2.05, 4.69) is 4.90 Å². The minimum absolute atomic E-state index is 0.0416. The first kappa shape index (κ1) is 13.2. The molecule has 0 atom stereocenters. The zero-order valence-electron chi connectivity index (χ0n) is 11.5. The van der Waals surface area contributed by atoms with Gasteiger partial charge >= 0.3 is 0 Å². The topological polar surface area (TPSA) is 53.0 Å². The molecular weight excluding hydrogens is 256 g/mol. The van der Waals surface area contributed by atoms with E-state index in [-0.39, 0.29) is 18.3 Å². The van der Waals surface area contributed by atoms with Gasteiger partial charge in [0, 0.05) is 19.2 Å². The lowest BCUT2D eigenvalue weighted by molar-refractivity contribution is -0.121. The van der Waals surface area contributed by atoms with Gasteiger partial charge in [0.05, 0.1) is 5.69 Å². The van der Waals surface area contributed by atoms with E-state index in [1.165, 1.54) is 19.3 Å². The molecule has 0 unspecified atom stereocenters. The van der Waals surface area contributed by atoms with Crippen molar-refractivity contribution < 1.29 is 14.6 Å². The third-order valence-electron chi connectivity index (χ3n) is 3.97. The Balaban J connectivity index is 1.71. The number of aromatic hydroxyl groups is 1. The van der Waals surface area contributed by atoms with Crippen molar-refractivity contribution >= 4 is 11.6 Å². The number of hydrogen-bond donors (Lipinski definition) is 1. The van der Waals surface area contributed by atoms with Crippen LogP contribution in [0.5, 0.6) is 11.5 Å². The van der Waals surface area contributed by atoms with Crippen LogP contribution in [0.4, 0.5) is 5.69 Å². The molecule has 2 heterocycles. The molecule has 0 aliphatic carbocycles. The summed E-state index contributed by atoms with van der Waals surface area (Å²) in [6.07, 6.45) is 3.80. The second-order valence-electron chi connectivity index (χ2n) is 5.39. The third kappa shape index (κ3) is 2.72. The molecular formula is C15H20N2O3. The molecule has 1 aromatic rings. The summed E-state index contributed by atoms with van der Waals surface area (Å²) in [5, 5.41) is 9.61. The standard InChI is InChI=1S/C15H20N2O3/c18-12-4-5-14-13(10-12)17(15(19)11-20-14)9-8-16-6-2-1-3-7-16/h4-5,10,18H,1-3,6-9,11H2. The van der Waals surface area contributed by atoms with Gasteiger partial charge in [0.1, 0.15) is 11.5 Å². The van der Waals surface area contributed by atoms with E-state index >= 15 is 0 Å². The highest BCUT2D eigenvalue weighted by atomic mass is 16.5. The first-order valence-corrected chi connectivity index (χ1v) is 7.22. The van der Waals surface area contributed by atoms with Crippen molar-refractivity contribution in [2.24, 2.45) is 0 Å². The Labute approximate surface area is 118 Å². The van der Waals surface area contributed by atoms with Gasteiger partial charge in [-0.15, -0.1) is 0 Å². The second kappa shape index (κ2) is 5.71. The van der Waals surface area contributed by atoms with E-state index in [1.54, 1.807) is 23.1 Å². The molecule has 3 rings (SSSR count). The number of anilines is 1. The predicted octanol–water partition coefficient (Wildman–Crippen LogP) is 1.60. The first-order valence-electron chi connectivity index (χ1n) is 7.22. The zero-order valence-corrected chi connectivity index (χ0v) is 11.5. The number of hydrogen-bond acceptors (Lipinski definition) is 4. The van der Waals surface area contributed by atoms with Crippen LogP contribution in [0.15, 0.2) is 18.2 Å². The van der Waals surface area contributed by atoms with Crippen molar-refractivity contribution in [3.8, 4) is 11.5 Å². The van der Waals surface area contributed by atoms with Crippen molar-refractivity contribution in [3.05, 3.63) is 18.2 Å².